The topological polar surface area (TPSA) is 70.1 Å². The second kappa shape index (κ2) is 10.9. The zero-order valence-corrected chi connectivity index (χ0v) is 20.3. The van der Waals surface area contributed by atoms with E-state index < -0.39 is 30.2 Å². The molecule has 0 saturated heterocycles. The molecule has 34 heavy (non-hydrogen) atoms. The third-order valence-electron chi connectivity index (χ3n) is 4.89. The first kappa shape index (κ1) is 25.6. The van der Waals surface area contributed by atoms with Gasteiger partial charge in [-0.15, -0.1) is 11.3 Å². The number of anilines is 1. The fraction of sp³-hybridized carbons (Fsp3) is 0.250. The Hall–Kier alpha value is -3.01. The van der Waals surface area contributed by atoms with Gasteiger partial charge in [0, 0.05) is 27.6 Å². The zero-order valence-electron chi connectivity index (χ0n) is 18.8. The number of carboxylic acids is 1. The second-order valence-corrected chi connectivity index (χ2v) is 9.06. The van der Waals surface area contributed by atoms with Gasteiger partial charge in [-0.1, -0.05) is 29.8 Å². The van der Waals surface area contributed by atoms with Gasteiger partial charge in [0.05, 0.1) is 18.7 Å². The molecule has 0 atom stereocenters. The molecule has 0 radical (unpaired) electrons. The fourth-order valence-electron chi connectivity index (χ4n) is 3.43. The van der Waals surface area contributed by atoms with Crippen LogP contribution in [0.15, 0.2) is 42.5 Å². The maximum atomic E-state index is 14.4. The van der Waals surface area contributed by atoms with Crippen molar-refractivity contribution in [1.82, 2.24) is 4.90 Å². The number of carboxylic acid groups (broad SMARTS) is 1. The van der Waals surface area contributed by atoms with Gasteiger partial charge in [-0.25, -0.2) is 18.4 Å². The van der Waals surface area contributed by atoms with Crippen LogP contribution in [0.4, 0.5) is 18.6 Å². The van der Waals surface area contributed by atoms with Crippen LogP contribution in [0.2, 0.25) is 5.02 Å². The van der Waals surface area contributed by atoms with Crippen LogP contribution in [0.1, 0.15) is 28.4 Å². The van der Waals surface area contributed by atoms with E-state index in [1.54, 1.807) is 50.2 Å². The van der Waals surface area contributed by atoms with Gasteiger partial charge in [-0.05, 0) is 50.8 Å². The summed E-state index contributed by atoms with van der Waals surface area (Å²) in [5.41, 5.74) is 0.653. The molecule has 0 fully saturated rings. The van der Waals surface area contributed by atoms with Crippen LogP contribution < -0.4 is 4.90 Å². The Morgan fingerprint density at radius 2 is 1.65 bits per heavy atom. The first-order chi connectivity index (χ1) is 16.1. The number of amides is 1. The highest BCUT2D eigenvalue weighted by Gasteiger charge is 2.32. The Morgan fingerprint density at radius 1 is 1.03 bits per heavy atom. The average Bonchev–Trinajstić information content (AvgIpc) is 3.12. The molecule has 0 bridgehead atoms. The Morgan fingerprint density at radius 3 is 2.18 bits per heavy atom. The van der Waals surface area contributed by atoms with Gasteiger partial charge >= 0.3 is 12.1 Å². The zero-order chi connectivity index (χ0) is 25.0. The number of hydrogen-bond acceptors (Lipinski definition) is 5. The predicted molar refractivity (Wildman–Crippen MR) is 129 cm³/mol. The number of thiophene rings is 1. The van der Waals surface area contributed by atoms with Crippen molar-refractivity contribution < 1.29 is 28.2 Å². The summed E-state index contributed by atoms with van der Waals surface area (Å²) in [4.78, 5) is 28.7. The smallest absolute Gasteiger partial charge is 0.415 e. The molecule has 1 heterocycles. The highest BCUT2D eigenvalue weighted by atomic mass is 35.5. The summed E-state index contributed by atoms with van der Waals surface area (Å²) in [7, 11) is 3.57. The molecule has 0 spiro atoms. The molecule has 3 aromatic rings. The Kier molecular flexibility index (Phi) is 8.24. The van der Waals surface area contributed by atoms with E-state index in [0.29, 0.717) is 21.0 Å². The minimum absolute atomic E-state index is 0.00252. The lowest BCUT2D eigenvalue weighted by Crippen LogP contribution is -2.32. The summed E-state index contributed by atoms with van der Waals surface area (Å²) in [6, 6.07) is 10.2. The number of ether oxygens (including phenoxy) is 1. The molecular weight excluding hydrogens is 486 g/mol. The summed E-state index contributed by atoms with van der Waals surface area (Å²) in [6.07, 6.45) is -0.909. The van der Waals surface area contributed by atoms with E-state index in [9.17, 15) is 23.5 Å². The lowest BCUT2D eigenvalue weighted by Gasteiger charge is -2.22. The monoisotopic (exact) mass is 508 g/mol. The molecule has 3 rings (SSSR count). The van der Waals surface area contributed by atoms with Crippen molar-refractivity contribution >= 4 is 40.0 Å². The van der Waals surface area contributed by atoms with Crippen molar-refractivity contribution in [3.8, 4) is 10.4 Å². The third-order valence-corrected chi connectivity index (χ3v) is 6.45. The van der Waals surface area contributed by atoms with Crippen molar-refractivity contribution in [3.05, 3.63) is 75.8 Å². The molecule has 0 aliphatic carbocycles. The van der Waals surface area contributed by atoms with Gasteiger partial charge in [0.2, 0.25) is 0 Å². The fourth-order valence-corrected chi connectivity index (χ4v) is 4.85. The number of rotatable bonds is 8. The number of carbonyl (C=O) groups excluding carboxylic acids is 1. The largest absolute Gasteiger partial charge is 0.478 e. The summed E-state index contributed by atoms with van der Waals surface area (Å²) in [5.74, 6) is -2.98. The van der Waals surface area contributed by atoms with Crippen LogP contribution in [-0.2, 0) is 17.8 Å². The first-order valence-corrected chi connectivity index (χ1v) is 11.5. The average molecular weight is 509 g/mol. The van der Waals surface area contributed by atoms with Gasteiger partial charge in [0.25, 0.3) is 0 Å². The molecule has 180 valence electrons. The summed E-state index contributed by atoms with van der Waals surface area (Å²) >= 11 is 7.06. The summed E-state index contributed by atoms with van der Waals surface area (Å²) < 4.78 is 34.0. The molecule has 0 unspecified atom stereocenters. The molecule has 6 nitrogen and oxygen atoms in total. The van der Waals surface area contributed by atoms with Crippen molar-refractivity contribution in [1.29, 1.82) is 0 Å². The van der Waals surface area contributed by atoms with E-state index in [1.165, 1.54) is 6.07 Å². The maximum Gasteiger partial charge on any atom is 0.415 e. The van der Waals surface area contributed by atoms with E-state index in [2.05, 4.69) is 0 Å². The predicted octanol–water partition coefficient (Wildman–Crippen LogP) is 6.27. The lowest BCUT2D eigenvalue weighted by molar-refractivity contribution is 0.0696. The Balaban J connectivity index is 2.26. The van der Waals surface area contributed by atoms with Gasteiger partial charge in [0.1, 0.15) is 16.6 Å². The van der Waals surface area contributed by atoms with E-state index in [4.69, 9.17) is 16.3 Å². The van der Waals surface area contributed by atoms with Crippen LogP contribution in [0, 0.1) is 11.6 Å². The molecular formula is C24H23ClF2N2O4S. The van der Waals surface area contributed by atoms with Crippen LogP contribution in [0.3, 0.4) is 0 Å². The highest BCUT2D eigenvalue weighted by molar-refractivity contribution is 7.20. The van der Waals surface area contributed by atoms with E-state index in [1.807, 2.05) is 0 Å². The summed E-state index contributed by atoms with van der Waals surface area (Å²) in [6.45, 7) is 1.29. The second-order valence-electron chi connectivity index (χ2n) is 7.62. The van der Waals surface area contributed by atoms with E-state index in [-0.39, 0.29) is 29.3 Å². The molecule has 0 saturated carbocycles. The molecule has 0 aliphatic heterocycles. The Labute approximate surface area is 204 Å². The number of halogens is 3. The number of nitrogens with zero attached hydrogens (tertiary/aromatic N) is 2. The normalized spacial score (nSPS) is 11.0. The first-order valence-electron chi connectivity index (χ1n) is 10.3. The molecule has 0 aliphatic rings. The quantitative estimate of drug-likeness (QED) is 0.388. The van der Waals surface area contributed by atoms with Crippen molar-refractivity contribution in [2.24, 2.45) is 0 Å². The molecule has 2 aromatic carbocycles. The third kappa shape index (κ3) is 5.55. The maximum absolute atomic E-state index is 14.4. The van der Waals surface area contributed by atoms with Crippen molar-refractivity contribution in [2.75, 3.05) is 25.6 Å². The van der Waals surface area contributed by atoms with Crippen LogP contribution in [-0.4, -0.2) is 42.8 Å². The minimum Gasteiger partial charge on any atom is -0.478 e. The standard InChI is InChI=1S/C24H23ClF2N2O4S/c1-4-33-24(32)29(13-16-18(26)6-5-7-19(16)27)22-20(23(30)31)17(12-28(2)3)21(34-22)14-8-10-15(25)11-9-14/h5-11H,4,12-13H2,1-3H3,(H,30,31). The molecule has 1 N–H and O–H groups in total. The van der Waals surface area contributed by atoms with Gasteiger partial charge < -0.3 is 14.7 Å². The number of hydrogen-bond donors (Lipinski definition) is 1. The van der Waals surface area contributed by atoms with E-state index >= 15 is 0 Å². The summed E-state index contributed by atoms with van der Waals surface area (Å²) in [5, 5.41) is 10.7. The Bertz CT molecular complexity index is 1180. The minimum atomic E-state index is -1.27. The highest BCUT2D eigenvalue weighted by Crippen LogP contribution is 2.44. The number of benzene rings is 2. The van der Waals surface area contributed by atoms with Crippen molar-refractivity contribution in [3.63, 3.8) is 0 Å². The van der Waals surface area contributed by atoms with Gasteiger partial charge in [-0.2, -0.15) is 0 Å². The molecule has 1 amide bonds. The number of aromatic carboxylic acids is 1. The SMILES string of the molecule is CCOC(=O)N(Cc1c(F)cccc1F)c1sc(-c2ccc(Cl)cc2)c(CN(C)C)c1C(=O)O. The van der Waals surface area contributed by atoms with Gasteiger partial charge in [-0.3, -0.25) is 4.90 Å². The number of carbonyl (C=O) groups is 2. The van der Waals surface area contributed by atoms with Crippen LogP contribution in [0.25, 0.3) is 10.4 Å². The molecule has 10 heteroatoms. The van der Waals surface area contributed by atoms with Crippen LogP contribution >= 0.6 is 22.9 Å². The van der Waals surface area contributed by atoms with Crippen molar-refractivity contribution in [2.45, 2.75) is 20.0 Å². The lowest BCUT2D eigenvalue weighted by atomic mass is 10.0. The van der Waals surface area contributed by atoms with Gasteiger partial charge in [0.15, 0.2) is 0 Å². The molecule has 1 aromatic heterocycles. The van der Waals surface area contributed by atoms with Crippen LogP contribution in [0.5, 0.6) is 0 Å². The van der Waals surface area contributed by atoms with E-state index in [0.717, 1.165) is 28.4 Å².